The molecule has 0 unspecified atom stereocenters. The van der Waals surface area contributed by atoms with Crippen LogP contribution in [0.25, 0.3) is 0 Å². The first-order chi connectivity index (χ1) is 4.59. The Balaban J connectivity index is 3.88. The Bertz CT molecular complexity index is 116. The van der Waals surface area contributed by atoms with Gasteiger partial charge < -0.3 is 0 Å². The zero-order valence-corrected chi connectivity index (χ0v) is 8.15. The van der Waals surface area contributed by atoms with Crippen LogP contribution in [0.2, 0.25) is 0 Å². The van der Waals surface area contributed by atoms with Crippen LogP contribution in [0.1, 0.15) is 27.7 Å². The molecule has 0 heterocycles. The van der Waals surface area contributed by atoms with Crippen molar-refractivity contribution >= 4 is 7.92 Å². The van der Waals surface area contributed by atoms with Crippen molar-refractivity contribution in [3.05, 3.63) is 0 Å². The third kappa shape index (κ3) is 3.18. The number of nitriles is 1. The first kappa shape index (κ1) is 9.92. The van der Waals surface area contributed by atoms with Crippen LogP contribution in [-0.4, -0.2) is 17.5 Å². The van der Waals surface area contributed by atoms with Crippen LogP contribution >= 0.6 is 7.92 Å². The van der Waals surface area contributed by atoms with Crippen molar-refractivity contribution in [2.75, 3.05) is 6.16 Å². The Morgan fingerprint density at radius 1 is 1.20 bits per heavy atom. The molecule has 0 radical (unpaired) electrons. The van der Waals surface area contributed by atoms with Crippen LogP contribution in [0.4, 0.5) is 0 Å². The monoisotopic (exact) mass is 157 g/mol. The zero-order valence-electron chi connectivity index (χ0n) is 7.26. The van der Waals surface area contributed by atoms with E-state index in [0.29, 0.717) is 11.3 Å². The predicted molar refractivity (Wildman–Crippen MR) is 47.7 cm³/mol. The second-order valence-electron chi connectivity index (χ2n) is 3.02. The minimum absolute atomic E-state index is 0.0399. The molecule has 0 saturated heterocycles. The van der Waals surface area contributed by atoms with Crippen LogP contribution in [0.15, 0.2) is 0 Å². The van der Waals surface area contributed by atoms with Crippen molar-refractivity contribution in [3.63, 3.8) is 0 Å². The molecule has 0 aromatic rings. The summed E-state index contributed by atoms with van der Waals surface area (Å²) in [7, 11) is -0.0399. The van der Waals surface area contributed by atoms with E-state index in [1.54, 1.807) is 0 Å². The minimum atomic E-state index is -0.0399. The lowest BCUT2D eigenvalue weighted by molar-refractivity contribution is 1.01. The Hall–Kier alpha value is -0.0800. The Labute approximate surface area is 65.2 Å². The molecular formula is C8H16NP. The van der Waals surface area contributed by atoms with Gasteiger partial charge in [-0.05, 0) is 11.3 Å². The number of rotatable bonds is 3. The SMILES string of the molecule is CC(C)P(CC#N)C(C)C. The molecule has 0 aliphatic carbocycles. The van der Waals surface area contributed by atoms with Gasteiger partial charge in [-0.15, -0.1) is 0 Å². The number of hydrogen-bond donors (Lipinski definition) is 0. The van der Waals surface area contributed by atoms with Crippen molar-refractivity contribution in [3.8, 4) is 6.07 Å². The van der Waals surface area contributed by atoms with E-state index in [4.69, 9.17) is 5.26 Å². The lowest BCUT2D eigenvalue weighted by Gasteiger charge is -2.22. The second kappa shape index (κ2) is 4.69. The fourth-order valence-electron chi connectivity index (χ4n) is 1.04. The van der Waals surface area contributed by atoms with Gasteiger partial charge in [0.1, 0.15) is 0 Å². The van der Waals surface area contributed by atoms with Gasteiger partial charge in [-0.1, -0.05) is 35.6 Å². The van der Waals surface area contributed by atoms with Gasteiger partial charge in [0.25, 0.3) is 0 Å². The van der Waals surface area contributed by atoms with E-state index in [9.17, 15) is 0 Å². The molecule has 0 aliphatic heterocycles. The minimum Gasteiger partial charge on any atom is -0.198 e. The zero-order chi connectivity index (χ0) is 8.15. The molecule has 10 heavy (non-hydrogen) atoms. The average Bonchev–Trinajstić information content (AvgIpc) is 1.81. The summed E-state index contributed by atoms with van der Waals surface area (Å²) >= 11 is 0. The van der Waals surface area contributed by atoms with Gasteiger partial charge in [0, 0.05) is 0 Å². The van der Waals surface area contributed by atoms with Crippen LogP contribution in [0.5, 0.6) is 0 Å². The summed E-state index contributed by atoms with van der Waals surface area (Å²) in [5.41, 5.74) is 1.41. The van der Waals surface area contributed by atoms with E-state index in [-0.39, 0.29) is 7.92 Å². The normalized spacial score (nSPS) is 11.0. The van der Waals surface area contributed by atoms with Crippen molar-refractivity contribution in [2.45, 2.75) is 39.0 Å². The van der Waals surface area contributed by atoms with Crippen molar-refractivity contribution in [1.29, 1.82) is 5.26 Å². The first-order valence-corrected chi connectivity index (χ1v) is 5.38. The summed E-state index contributed by atoms with van der Waals surface area (Å²) < 4.78 is 0. The molecule has 1 nitrogen and oxygen atoms in total. The Morgan fingerprint density at radius 3 is 1.70 bits per heavy atom. The molecule has 0 N–H and O–H groups in total. The highest BCUT2D eigenvalue weighted by Gasteiger charge is 2.15. The van der Waals surface area contributed by atoms with Gasteiger partial charge in [-0.2, -0.15) is 5.26 Å². The first-order valence-electron chi connectivity index (χ1n) is 3.72. The molecule has 0 saturated carbocycles. The van der Waals surface area contributed by atoms with E-state index in [1.807, 2.05) is 0 Å². The molecule has 0 aliphatic rings. The molecule has 0 fully saturated rings. The Morgan fingerprint density at radius 2 is 1.60 bits per heavy atom. The van der Waals surface area contributed by atoms with E-state index in [0.717, 1.165) is 6.16 Å². The molecule has 0 aromatic heterocycles. The van der Waals surface area contributed by atoms with Gasteiger partial charge in [0.05, 0.1) is 12.2 Å². The molecule has 2 heteroatoms. The third-order valence-corrected chi connectivity index (χ3v) is 4.74. The summed E-state index contributed by atoms with van der Waals surface area (Å²) in [6, 6.07) is 2.26. The van der Waals surface area contributed by atoms with Crippen molar-refractivity contribution in [2.24, 2.45) is 0 Å². The lowest BCUT2D eigenvalue weighted by Crippen LogP contribution is -2.05. The van der Waals surface area contributed by atoms with Crippen LogP contribution in [0, 0.1) is 11.3 Å². The number of nitrogens with zero attached hydrogens (tertiary/aromatic N) is 1. The quantitative estimate of drug-likeness (QED) is 0.578. The van der Waals surface area contributed by atoms with Gasteiger partial charge in [-0.3, -0.25) is 0 Å². The fraction of sp³-hybridized carbons (Fsp3) is 0.875. The highest BCUT2D eigenvalue weighted by Crippen LogP contribution is 2.44. The molecule has 0 bridgehead atoms. The molecule has 0 aromatic carbocycles. The topological polar surface area (TPSA) is 23.8 Å². The molecule has 58 valence electrons. The molecule has 0 spiro atoms. The fourth-order valence-corrected chi connectivity index (χ4v) is 3.13. The molecule has 0 rings (SSSR count). The van der Waals surface area contributed by atoms with E-state index in [2.05, 4.69) is 33.8 Å². The van der Waals surface area contributed by atoms with Crippen molar-refractivity contribution in [1.82, 2.24) is 0 Å². The predicted octanol–water partition coefficient (Wildman–Crippen LogP) is 2.81. The van der Waals surface area contributed by atoms with Gasteiger partial charge in [0.2, 0.25) is 0 Å². The van der Waals surface area contributed by atoms with Gasteiger partial charge >= 0.3 is 0 Å². The summed E-state index contributed by atoms with van der Waals surface area (Å²) in [4.78, 5) is 0. The van der Waals surface area contributed by atoms with E-state index < -0.39 is 0 Å². The van der Waals surface area contributed by atoms with E-state index in [1.165, 1.54) is 0 Å². The highest BCUT2D eigenvalue weighted by atomic mass is 31.1. The van der Waals surface area contributed by atoms with Gasteiger partial charge in [-0.25, -0.2) is 0 Å². The molecule has 0 amide bonds. The Kier molecular flexibility index (Phi) is 4.65. The highest BCUT2D eigenvalue weighted by molar-refractivity contribution is 7.59. The van der Waals surface area contributed by atoms with Gasteiger partial charge in [0.15, 0.2) is 0 Å². The third-order valence-electron chi connectivity index (χ3n) is 1.58. The number of hydrogen-bond acceptors (Lipinski definition) is 1. The second-order valence-corrected chi connectivity index (χ2v) is 6.43. The maximum atomic E-state index is 8.50. The molecule has 0 atom stereocenters. The maximum absolute atomic E-state index is 8.50. The van der Waals surface area contributed by atoms with Crippen LogP contribution in [0.3, 0.4) is 0 Å². The summed E-state index contributed by atoms with van der Waals surface area (Å²) in [6.45, 7) is 8.85. The molecular weight excluding hydrogens is 141 g/mol. The van der Waals surface area contributed by atoms with Crippen LogP contribution < -0.4 is 0 Å². The average molecular weight is 157 g/mol. The largest absolute Gasteiger partial charge is 0.198 e. The van der Waals surface area contributed by atoms with Crippen LogP contribution in [-0.2, 0) is 0 Å². The smallest absolute Gasteiger partial charge is 0.0668 e. The van der Waals surface area contributed by atoms with E-state index >= 15 is 0 Å². The standard InChI is InChI=1S/C8H16NP/c1-7(2)10(6-5-9)8(3)4/h7-8H,6H2,1-4H3. The summed E-state index contributed by atoms with van der Waals surface area (Å²) in [5, 5.41) is 8.50. The maximum Gasteiger partial charge on any atom is 0.0668 e. The van der Waals surface area contributed by atoms with Crippen molar-refractivity contribution < 1.29 is 0 Å². The summed E-state index contributed by atoms with van der Waals surface area (Å²) in [6.07, 6.45) is 0.769. The lowest BCUT2D eigenvalue weighted by atomic mass is 10.5. The summed E-state index contributed by atoms with van der Waals surface area (Å²) in [5.74, 6) is 0.